The molecule has 0 fully saturated rings. The Morgan fingerprint density at radius 3 is 2.62 bits per heavy atom. The van der Waals surface area contributed by atoms with Crippen molar-refractivity contribution in [1.29, 1.82) is 0 Å². The van der Waals surface area contributed by atoms with Crippen LogP contribution in [0.4, 0.5) is 4.39 Å². The largest absolute Gasteiger partial charge is 0.351 e. The highest BCUT2D eigenvalue weighted by Gasteiger charge is 2.18. The highest BCUT2D eigenvalue weighted by molar-refractivity contribution is 8.00. The second kappa shape index (κ2) is 8.57. The second-order valence-electron chi connectivity index (χ2n) is 5.71. The minimum atomic E-state index is -0.365. The van der Waals surface area contributed by atoms with Gasteiger partial charge in [0.25, 0.3) is 0 Å². The number of hydrogen-bond donors (Lipinski definition) is 1. The molecule has 1 amide bonds. The molecule has 0 bridgehead atoms. The summed E-state index contributed by atoms with van der Waals surface area (Å²) in [4.78, 5) is 12.3. The SMILES string of the molecule is C[C@@H](Sc1nnnn1Cc1ccccc1)C(=O)NCc1ccc(F)cc1. The van der Waals surface area contributed by atoms with Gasteiger partial charge in [0, 0.05) is 6.54 Å². The molecule has 0 aliphatic carbocycles. The van der Waals surface area contributed by atoms with E-state index in [9.17, 15) is 9.18 Å². The fraction of sp³-hybridized carbons (Fsp3) is 0.222. The predicted octanol–water partition coefficient (Wildman–Crippen LogP) is 2.66. The average molecular weight is 371 g/mol. The topological polar surface area (TPSA) is 72.7 Å². The van der Waals surface area contributed by atoms with Gasteiger partial charge in [-0.3, -0.25) is 4.79 Å². The third-order valence-corrected chi connectivity index (χ3v) is 4.78. The lowest BCUT2D eigenvalue weighted by molar-refractivity contribution is -0.120. The smallest absolute Gasteiger partial charge is 0.233 e. The number of carbonyl (C=O) groups is 1. The Bertz CT molecular complexity index is 854. The maximum absolute atomic E-state index is 12.9. The Morgan fingerprint density at radius 2 is 1.88 bits per heavy atom. The van der Waals surface area contributed by atoms with Gasteiger partial charge in [0.1, 0.15) is 5.82 Å². The second-order valence-corrected chi connectivity index (χ2v) is 7.02. The van der Waals surface area contributed by atoms with Gasteiger partial charge in [-0.25, -0.2) is 9.07 Å². The molecule has 0 aliphatic heterocycles. The number of amides is 1. The Hall–Kier alpha value is -2.74. The number of nitrogens with zero attached hydrogens (tertiary/aromatic N) is 4. The van der Waals surface area contributed by atoms with E-state index in [0.717, 1.165) is 11.1 Å². The molecule has 8 heteroatoms. The number of aromatic nitrogens is 4. The van der Waals surface area contributed by atoms with E-state index in [2.05, 4.69) is 20.8 Å². The van der Waals surface area contributed by atoms with Gasteiger partial charge in [0.15, 0.2) is 0 Å². The summed E-state index contributed by atoms with van der Waals surface area (Å²) in [5, 5.41) is 14.8. The molecule has 26 heavy (non-hydrogen) atoms. The van der Waals surface area contributed by atoms with E-state index in [1.807, 2.05) is 30.3 Å². The van der Waals surface area contributed by atoms with Crippen LogP contribution < -0.4 is 5.32 Å². The highest BCUT2D eigenvalue weighted by Crippen LogP contribution is 2.21. The summed E-state index contributed by atoms with van der Waals surface area (Å²) in [6.45, 7) is 2.69. The molecular formula is C18H18FN5OS. The Morgan fingerprint density at radius 1 is 1.15 bits per heavy atom. The molecule has 1 N–H and O–H groups in total. The Labute approximate surface area is 154 Å². The van der Waals surface area contributed by atoms with Crippen molar-refractivity contribution in [3.63, 3.8) is 0 Å². The van der Waals surface area contributed by atoms with E-state index in [1.54, 1.807) is 23.7 Å². The summed E-state index contributed by atoms with van der Waals surface area (Å²) >= 11 is 1.30. The third-order valence-electron chi connectivity index (χ3n) is 3.71. The lowest BCUT2D eigenvalue weighted by Gasteiger charge is -2.12. The van der Waals surface area contributed by atoms with Crippen LogP contribution in [0.5, 0.6) is 0 Å². The number of thioether (sulfide) groups is 1. The van der Waals surface area contributed by atoms with Crippen molar-refractivity contribution in [3.8, 4) is 0 Å². The Kier molecular flexibility index (Phi) is 5.96. The van der Waals surface area contributed by atoms with Crippen molar-refractivity contribution in [1.82, 2.24) is 25.5 Å². The first-order chi connectivity index (χ1) is 12.6. The summed E-state index contributed by atoms with van der Waals surface area (Å²) in [5.41, 5.74) is 1.92. The molecule has 0 radical (unpaired) electrons. The van der Waals surface area contributed by atoms with Crippen LogP contribution in [-0.2, 0) is 17.9 Å². The van der Waals surface area contributed by atoms with Crippen LogP contribution in [0.3, 0.4) is 0 Å². The molecule has 0 aliphatic rings. The first-order valence-electron chi connectivity index (χ1n) is 8.11. The molecule has 0 spiro atoms. The van der Waals surface area contributed by atoms with E-state index in [0.29, 0.717) is 18.2 Å². The van der Waals surface area contributed by atoms with Crippen molar-refractivity contribution in [3.05, 3.63) is 71.5 Å². The van der Waals surface area contributed by atoms with Crippen molar-refractivity contribution < 1.29 is 9.18 Å². The van der Waals surface area contributed by atoms with Gasteiger partial charge in [-0.2, -0.15) is 0 Å². The van der Waals surface area contributed by atoms with Crippen molar-refractivity contribution in [2.45, 2.75) is 30.4 Å². The number of tetrazole rings is 1. The van der Waals surface area contributed by atoms with Gasteiger partial charge in [0.2, 0.25) is 11.1 Å². The summed E-state index contributed by atoms with van der Waals surface area (Å²) in [6, 6.07) is 15.9. The van der Waals surface area contributed by atoms with Crippen molar-refractivity contribution in [2.24, 2.45) is 0 Å². The minimum Gasteiger partial charge on any atom is -0.351 e. The summed E-state index contributed by atoms with van der Waals surface area (Å²) in [6.07, 6.45) is 0. The van der Waals surface area contributed by atoms with Gasteiger partial charge in [-0.15, -0.1) is 5.10 Å². The molecule has 1 atom stereocenters. The number of nitrogens with one attached hydrogen (secondary N) is 1. The van der Waals surface area contributed by atoms with Crippen LogP contribution in [0.25, 0.3) is 0 Å². The normalized spacial score (nSPS) is 11.9. The molecule has 3 aromatic rings. The van der Waals surface area contributed by atoms with Gasteiger partial charge in [0.05, 0.1) is 11.8 Å². The van der Waals surface area contributed by atoms with Crippen molar-refractivity contribution >= 4 is 17.7 Å². The van der Waals surface area contributed by atoms with Crippen molar-refractivity contribution in [2.75, 3.05) is 0 Å². The zero-order valence-electron chi connectivity index (χ0n) is 14.2. The van der Waals surface area contributed by atoms with Crippen LogP contribution in [0.1, 0.15) is 18.1 Å². The quantitative estimate of drug-likeness (QED) is 0.647. The van der Waals surface area contributed by atoms with E-state index in [-0.39, 0.29) is 17.0 Å². The van der Waals surface area contributed by atoms with Gasteiger partial charge >= 0.3 is 0 Å². The minimum absolute atomic E-state index is 0.131. The van der Waals surface area contributed by atoms with Crippen LogP contribution in [0.2, 0.25) is 0 Å². The van der Waals surface area contributed by atoms with Gasteiger partial charge < -0.3 is 5.32 Å². The van der Waals surface area contributed by atoms with E-state index < -0.39 is 0 Å². The molecule has 0 unspecified atom stereocenters. The van der Waals surface area contributed by atoms with E-state index in [4.69, 9.17) is 0 Å². The monoisotopic (exact) mass is 371 g/mol. The van der Waals surface area contributed by atoms with Gasteiger partial charge in [-0.05, 0) is 40.6 Å². The zero-order valence-corrected chi connectivity index (χ0v) is 15.0. The predicted molar refractivity (Wildman–Crippen MR) is 96.9 cm³/mol. The molecule has 1 aromatic heterocycles. The zero-order chi connectivity index (χ0) is 18.4. The van der Waals surface area contributed by atoms with Crippen LogP contribution >= 0.6 is 11.8 Å². The molecule has 0 saturated carbocycles. The number of halogens is 1. The summed E-state index contributed by atoms with van der Waals surface area (Å²) in [5.74, 6) is -0.428. The molecular weight excluding hydrogens is 353 g/mol. The van der Waals surface area contributed by atoms with E-state index >= 15 is 0 Å². The molecule has 1 heterocycles. The Balaban J connectivity index is 1.56. The molecule has 134 valence electrons. The average Bonchev–Trinajstić information content (AvgIpc) is 3.08. The highest BCUT2D eigenvalue weighted by atomic mass is 32.2. The first-order valence-corrected chi connectivity index (χ1v) is 8.98. The van der Waals surface area contributed by atoms with Gasteiger partial charge in [-0.1, -0.05) is 54.2 Å². The maximum Gasteiger partial charge on any atom is 0.233 e. The number of rotatable bonds is 7. The molecule has 2 aromatic carbocycles. The maximum atomic E-state index is 12.9. The van der Waals surface area contributed by atoms with Crippen LogP contribution in [0, 0.1) is 5.82 Å². The summed E-state index contributed by atoms with van der Waals surface area (Å²) in [7, 11) is 0. The van der Waals surface area contributed by atoms with E-state index in [1.165, 1.54) is 23.9 Å². The molecule has 0 saturated heterocycles. The summed E-state index contributed by atoms with van der Waals surface area (Å²) < 4.78 is 14.6. The molecule has 3 rings (SSSR count). The first kappa shape index (κ1) is 18.1. The molecule has 6 nitrogen and oxygen atoms in total. The number of benzene rings is 2. The number of hydrogen-bond acceptors (Lipinski definition) is 5. The van der Waals surface area contributed by atoms with Crippen LogP contribution in [-0.4, -0.2) is 31.4 Å². The third kappa shape index (κ3) is 4.89. The standard InChI is InChI=1S/C18H18FN5OS/c1-13(17(25)20-11-14-7-9-16(19)10-8-14)26-18-21-22-23-24(18)12-15-5-3-2-4-6-15/h2-10,13H,11-12H2,1H3,(H,20,25)/t13-/m1/s1. The number of carbonyl (C=O) groups excluding carboxylic acids is 1. The lowest BCUT2D eigenvalue weighted by atomic mass is 10.2. The fourth-order valence-corrected chi connectivity index (χ4v) is 3.10. The van der Waals surface area contributed by atoms with Crippen LogP contribution in [0.15, 0.2) is 59.8 Å². The fourth-order valence-electron chi connectivity index (χ4n) is 2.28. The lowest BCUT2D eigenvalue weighted by Crippen LogP contribution is -2.30.